The Hall–Kier alpha value is -2.57. The zero-order valence-corrected chi connectivity index (χ0v) is 14.9. The Labute approximate surface area is 152 Å². The Morgan fingerprint density at radius 1 is 1.27 bits per heavy atom. The van der Waals surface area contributed by atoms with Gasteiger partial charge in [0, 0.05) is 25.1 Å². The molecule has 1 aromatic carbocycles. The molecule has 0 bridgehead atoms. The van der Waals surface area contributed by atoms with Crippen LogP contribution in [0.15, 0.2) is 24.3 Å². The van der Waals surface area contributed by atoms with Gasteiger partial charge in [0.1, 0.15) is 12.3 Å². The van der Waals surface area contributed by atoms with Crippen molar-refractivity contribution in [2.24, 2.45) is 5.92 Å². The average Bonchev–Trinajstić information content (AvgIpc) is 2.87. The maximum atomic E-state index is 13.1. The molecule has 1 atom stereocenters. The molecule has 3 heterocycles. The zero-order valence-electron chi connectivity index (χ0n) is 14.9. The highest BCUT2D eigenvalue weighted by atomic mass is 16.5. The fraction of sp³-hybridized carbons (Fsp3) is 0.526. The van der Waals surface area contributed by atoms with Crippen LogP contribution >= 0.6 is 0 Å². The summed E-state index contributed by atoms with van der Waals surface area (Å²) in [6, 6.07) is 6.72. The van der Waals surface area contributed by atoms with Crippen molar-refractivity contribution in [2.45, 2.75) is 31.7 Å². The minimum Gasteiger partial charge on any atom is -0.493 e. The second-order valence-corrected chi connectivity index (χ2v) is 7.38. The molecule has 3 aliphatic rings. The second-order valence-electron chi connectivity index (χ2n) is 7.38. The number of benzene rings is 1. The van der Waals surface area contributed by atoms with Gasteiger partial charge in [-0.15, -0.1) is 0 Å². The Morgan fingerprint density at radius 2 is 2.00 bits per heavy atom. The van der Waals surface area contributed by atoms with Gasteiger partial charge < -0.3 is 15.0 Å². The number of hydrogen-bond donors (Lipinski definition) is 1. The predicted octanol–water partition coefficient (Wildman–Crippen LogP) is 1.47. The lowest BCUT2D eigenvalue weighted by atomic mass is 9.84. The van der Waals surface area contributed by atoms with E-state index in [-0.39, 0.29) is 18.4 Å². The lowest BCUT2D eigenvalue weighted by Gasteiger charge is -2.33. The normalized spacial score (nSPS) is 25.9. The summed E-state index contributed by atoms with van der Waals surface area (Å²) in [5.41, 5.74) is -0.464. The van der Waals surface area contributed by atoms with Crippen molar-refractivity contribution >= 4 is 17.8 Å². The maximum absolute atomic E-state index is 13.1. The monoisotopic (exact) mass is 357 g/mol. The molecule has 1 spiro atoms. The molecule has 0 aromatic heterocycles. The van der Waals surface area contributed by atoms with E-state index in [9.17, 15) is 14.4 Å². The lowest BCUT2D eigenvalue weighted by molar-refractivity contribution is -0.140. The number of nitrogens with zero attached hydrogens (tertiary/aromatic N) is 2. The van der Waals surface area contributed by atoms with E-state index < -0.39 is 11.6 Å². The maximum Gasteiger partial charge on any atom is 0.325 e. The molecule has 0 saturated carbocycles. The van der Waals surface area contributed by atoms with E-state index in [2.05, 4.69) is 12.2 Å². The smallest absolute Gasteiger partial charge is 0.325 e. The fourth-order valence-corrected chi connectivity index (χ4v) is 4.01. The van der Waals surface area contributed by atoms with Crippen LogP contribution in [0.25, 0.3) is 0 Å². The topological polar surface area (TPSA) is 79.0 Å². The Morgan fingerprint density at radius 3 is 2.77 bits per heavy atom. The summed E-state index contributed by atoms with van der Waals surface area (Å²) in [6.07, 6.45) is 2.28. The van der Waals surface area contributed by atoms with Crippen molar-refractivity contribution in [3.8, 4) is 5.75 Å². The number of likely N-dealkylation sites (tertiary alicyclic amines) is 1. The highest BCUT2D eigenvalue weighted by Gasteiger charge is 2.55. The molecule has 138 valence electrons. The number of para-hydroxylation sites is 1. The number of rotatable bonds is 2. The molecule has 26 heavy (non-hydrogen) atoms. The van der Waals surface area contributed by atoms with Gasteiger partial charge in [0.25, 0.3) is 5.91 Å². The highest BCUT2D eigenvalue weighted by molar-refractivity contribution is 6.09. The minimum absolute atomic E-state index is 0.169. The van der Waals surface area contributed by atoms with Gasteiger partial charge in [-0.25, -0.2) is 4.79 Å². The molecule has 0 radical (unpaired) electrons. The summed E-state index contributed by atoms with van der Waals surface area (Å²) < 4.78 is 5.62. The van der Waals surface area contributed by atoms with Crippen LogP contribution in [0.4, 0.5) is 4.79 Å². The van der Waals surface area contributed by atoms with Gasteiger partial charge in [-0.05, 0) is 24.8 Å². The van der Waals surface area contributed by atoms with Gasteiger partial charge in [0.15, 0.2) is 5.54 Å². The third-order valence-electron chi connectivity index (χ3n) is 5.69. The quantitative estimate of drug-likeness (QED) is 0.813. The summed E-state index contributed by atoms with van der Waals surface area (Å²) in [6.45, 7) is 3.68. The van der Waals surface area contributed by atoms with Gasteiger partial charge in [0.2, 0.25) is 5.91 Å². The third-order valence-corrected chi connectivity index (χ3v) is 5.69. The van der Waals surface area contributed by atoms with E-state index in [1.165, 1.54) is 0 Å². The number of nitrogens with one attached hydrogen (secondary N) is 1. The molecule has 4 rings (SSSR count). The second kappa shape index (κ2) is 6.30. The van der Waals surface area contributed by atoms with Gasteiger partial charge in [0.05, 0.1) is 6.61 Å². The van der Waals surface area contributed by atoms with E-state index in [0.717, 1.165) is 17.7 Å². The Balaban J connectivity index is 1.54. The number of hydrogen-bond acceptors (Lipinski definition) is 4. The van der Waals surface area contributed by atoms with Crippen LogP contribution in [0.1, 0.15) is 31.7 Å². The summed E-state index contributed by atoms with van der Waals surface area (Å²) in [4.78, 5) is 41.1. The standard InChI is InChI=1S/C19H23N3O4/c1-13-6-9-21(10-7-13)16(23)12-22-17(24)19(20-18(22)25)8-11-26-15-5-3-2-4-14(15)19/h2-5,13H,6-12H2,1H3,(H,20,25). The number of piperidine rings is 1. The third kappa shape index (κ3) is 2.62. The van der Waals surface area contributed by atoms with Crippen LogP contribution < -0.4 is 10.1 Å². The predicted molar refractivity (Wildman–Crippen MR) is 93.5 cm³/mol. The van der Waals surface area contributed by atoms with Crippen LogP contribution in [0, 0.1) is 5.92 Å². The van der Waals surface area contributed by atoms with E-state index in [0.29, 0.717) is 43.3 Å². The van der Waals surface area contributed by atoms with E-state index in [1.807, 2.05) is 12.1 Å². The Bertz CT molecular complexity index is 757. The first kappa shape index (κ1) is 16.9. The first-order chi connectivity index (χ1) is 12.5. The molecule has 1 unspecified atom stereocenters. The minimum atomic E-state index is -1.12. The molecule has 2 saturated heterocycles. The molecule has 0 aliphatic carbocycles. The average molecular weight is 357 g/mol. The van der Waals surface area contributed by atoms with Crippen LogP contribution in [-0.2, 0) is 15.1 Å². The number of imide groups is 1. The number of fused-ring (bicyclic) bond motifs is 2. The zero-order chi connectivity index (χ0) is 18.3. The molecule has 7 heteroatoms. The summed E-state index contributed by atoms with van der Waals surface area (Å²) in [7, 11) is 0. The molecule has 7 nitrogen and oxygen atoms in total. The first-order valence-corrected chi connectivity index (χ1v) is 9.15. The van der Waals surface area contributed by atoms with Crippen molar-refractivity contribution in [1.82, 2.24) is 15.1 Å². The van der Waals surface area contributed by atoms with Crippen molar-refractivity contribution in [3.63, 3.8) is 0 Å². The highest BCUT2D eigenvalue weighted by Crippen LogP contribution is 2.40. The fourth-order valence-electron chi connectivity index (χ4n) is 4.01. The molecule has 3 aliphatic heterocycles. The molecule has 4 amide bonds. The summed E-state index contributed by atoms with van der Waals surface area (Å²) in [5.74, 6) is 0.679. The van der Waals surface area contributed by atoms with E-state index >= 15 is 0 Å². The number of ether oxygens (including phenoxy) is 1. The summed E-state index contributed by atoms with van der Waals surface area (Å²) in [5, 5.41) is 2.83. The van der Waals surface area contributed by atoms with E-state index in [4.69, 9.17) is 4.74 Å². The van der Waals surface area contributed by atoms with Crippen LogP contribution in [-0.4, -0.2) is 53.9 Å². The SMILES string of the molecule is CC1CCN(C(=O)CN2C(=O)NC3(CCOc4ccccc43)C2=O)CC1. The summed E-state index contributed by atoms with van der Waals surface area (Å²) >= 11 is 0. The molecular formula is C19H23N3O4. The molecule has 2 fully saturated rings. The van der Waals surface area contributed by atoms with Crippen molar-refractivity contribution in [2.75, 3.05) is 26.2 Å². The lowest BCUT2D eigenvalue weighted by Crippen LogP contribution is -2.49. The van der Waals surface area contributed by atoms with Crippen molar-refractivity contribution in [3.05, 3.63) is 29.8 Å². The van der Waals surface area contributed by atoms with Gasteiger partial charge in [-0.2, -0.15) is 0 Å². The van der Waals surface area contributed by atoms with Gasteiger partial charge in [-0.3, -0.25) is 14.5 Å². The van der Waals surface area contributed by atoms with Gasteiger partial charge >= 0.3 is 6.03 Å². The van der Waals surface area contributed by atoms with Crippen LogP contribution in [0.2, 0.25) is 0 Å². The molecule has 1 N–H and O–H groups in total. The first-order valence-electron chi connectivity index (χ1n) is 9.15. The number of carbonyl (C=O) groups excluding carboxylic acids is 3. The number of carbonyl (C=O) groups is 3. The number of amides is 4. The number of urea groups is 1. The Kier molecular flexibility index (Phi) is 4.09. The largest absolute Gasteiger partial charge is 0.493 e. The molecule has 1 aromatic rings. The molecular weight excluding hydrogens is 334 g/mol. The van der Waals surface area contributed by atoms with Gasteiger partial charge in [-0.1, -0.05) is 25.1 Å². The van der Waals surface area contributed by atoms with Crippen LogP contribution in [0.3, 0.4) is 0 Å². The van der Waals surface area contributed by atoms with Crippen molar-refractivity contribution < 1.29 is 19.1 Å². The van der Waals surface area contributed by atoms with Crippen LogP contribution in [0.5, 0.6) is 5.75 Å². The van der Waals surface area contributed by atoms with Crippen molar-refractivity contribution in [1.29, 1.82) is 0 Å². The van der Waals surface area contributed by atoms with E-state index in [1.54, 1.807) is 17.0 Å².